The molecule has 2 N–H and O–H groups in total. The summed E-state index contributed by atoms with van der Waals surface area (Å²) in [5, 5.41) is 1.02. The Hall–Kier alpha value is -1.01. The molecule has 1 aromatic heterocycles. The highest BCUT2D eigenvalue weighted by atomic mass is 32.1. The SMILES string of the molecule is COc1c(N)nsc1N(C)CCN1CCCC1. The molecule has 0 saturated carbocycles. The van der Waals surface area contributed by atoms with E-state index in [0.29, 0.717) is 11.6 Å². The smallest absolute Gasteiger partial charge is 0.197 e. The van der Waals surface area contributed by atoms with Gasteiger partial charge in [-0.05, 0) is 37.5 Å². The summed E-state index contributed by atoms with van der Waals surface area (Å²) >= 11 is 1.40. The lowest BCUT2D eigenvalue weighted by molar-refractivity contribution is 0.346. The molecule has 1 aromatic rings. The first-order chi connectivity index (χ1) is 8.22. The zero-order chi connectivity index (χ0) is 12.3. The van der Waals surface area contributed by atoms with E-state index in [4.69, 9.17) is 10.5 Å². The lowest BCUT2D eigenvalue weighted by Gasteiger charge is -2.22. The van der Waals surface area contributed by atoms with Gasteiger partial charge < -0.3 is 20.3 Å². The monoisotopic (exact) mass is 256 g/mol. The molecule has 1 aliphatic rings. The van der Waals surface area contributed by atoms with Gasteiger partial charge in [-0.3, -0.25) is 0 Å². The molecule has 0 amide bonds. The summed E-state index contributed by atoms with van der Waals surface area (Å²) in [6.45, 7) is 4.54. The molecule has 2 rings (SSSR count). The first-order valence-electron chi connectivity index (χ1n) is 5.95. The lowest BCUT2D eigenvalue weighted by atomic mass is 10.4. The van der Waals surface area contributed by atoms with Gasteiger partial charge in [-0.1, -0.05) is 0 Å². The molecule has 1 aliphatic heterocycles. The standard InChI is InChI=1S/C11H20N4OS/c1-14(7-8-15-5-3-4-6-15)11-9(16-2)10(12)13-17-11/h3-8H2,1-2H3,(H2,12,13). The van der Waals surface area contributed by atoms with Gasteiger partial charge in [-0.2, -0.15) is 4.37 Å². The first kappa shape index (κ1) is 12.4. The highest BCUT2D eigenvalue weighted by Gasteiger charge is 2.17. The first-order valence-corrected chi connectivity index (χ1v) is 6.72. The zero-order valence-electron chi connectivity index (χ0n) is 10.5. The van der Waals surface area contributed by atoms with Crippen LogP contribution >= 0.6 is 11.5 Å². The zero-order valence-corrected chi connectivity index (χ0v) is 11.3. The maximum absolute atomic E-state index is 5.75. The molecular formula is C11H20N4OS. The van der Waals surface area contributed by atoms with E-state index in [2.05, 4.69) is 21.2 Å². The van der Waals surface area contributed by atoms with Gasteiger partial charge in [0.15, 0.2) is 16.6 Å². The largest absolute Gasteiger partial charge is 0.490 e. The summed E-state index contributed by atoms with van der Waals surface area (Å²) in [7, 11) is 3.70. The number of likely N-dealkylation sites (N-methyl/N-ethyl adjacent to an activating group) is 1. The van der Waals surface area contributed by atoms with Crippen LogP contribution in [0.3, 0.4) is 0 Å². The summed E-state index contributed by atoms with van der Waals surface area (Å²) in [4.78, 5) is 4.67. The average molecular weight is 256 g/mol. The third-order valence-corrected chi connectivity index (χ3v) is 4.12. The molecule has 96 valence electrons. The molecule has 1 fully saturated rings. The topological polar surface area (TPSA) is 54.6 Å². The van der Waals surface area contributed by atoms with Crippen LogP contribution in [0.1, 0.15) is 12.8 Å². The highest BCUT2D eigenvalue weighted by Crippen LogP contribution is 2.37. The van der Waals surface area contributed by atoms with Crippen molar-refractivity contribution in [2.45, 2.75) is 12.8 Å². The Morgan fingerprint density at radius 3 is 2.82 bits per heavy atom. The molecule has 6 heteroatoms. The lowest BCUT2D eigenvalue weighted by Crippen LogP contribution is -2.31. The second kappa shape index (κ2) is 5.55. The fourth-order valence-electron chi connectivity index (χ4n) is 2.12. The summed E-state index contributed by atoms with van der Waals surface area (Å²) in [5.74, 6) is 1.19. The van der Waals surface area contributed by atoms with Crippen LogP contribution in [0.4, 0.5) is 10.8 Å². The minimum absolute atomic E-state index is 0.487. The number of nitrogens with two attached hydrogens (primary N) is 1. The van der Waals surface area contributed by atoms with Crippen molar-refractivity contribution in [2.75, 3.05) is 51.0 Å². The van der Waals surface area contributed by atoms with E-state index in [-0.39, 0.29) is 0 Å². The summed E-state index contributed by atoms with van der Waals surface area (Å²) in [6.07, 6.45) is 2.67. The summed E-state index contributed by atoms with van der Waals surface area (Å²) in [5.41, 5.74) is 5.75. The summed E-state index contributed by atoms with van der Waals surface area (Å²) in [6, 6.07) is 0. The number of ether oxygens (including phenoxy) is 1. The predicted octanol–water partition coefficient (Wildman–Crippen LogP) is 1.27. The van der Waals surface area contributed by atoms with Crippen LogP contribution in [0.2, 0.25) is 0 Å². The number of nitrogens with zero attached hydrogens (tertiary/aromatic N) is 3. The van der Waals surface area contributed by atoms with E-state index >= 15 is 0 Å². The molecule has 2 heterocycles. The Morgan fingerprint density at radius 2 is 2.18 bits per heavy atom. The van der Waals surface area contributed by atoms with E-state index in [1.807, 2.05) is 0 Å². The Labute approximate surface area is 106 Å². The number of anilines is 2. The van der Waals surface area contributed by atoms with Crippen molar-refractivity contribution < 1.29 is 4.74 Å². The third-order valence-electron chi connectivity index (χ3n) is 3.16. The molecule has 0 aliphatic carbocycles. The molecule has 5 nitrogen and oxygen atoms in total. The van der Waals surface area contributed by atoms with Gasteiger partial charge in [0.2, 0.25) is 0 Å². The Balaban J connectivity index is 1.91. The predicted molar refractivity (Wildman–Crippen MR) is 72.0 cm³/mol. The van der Waals surface area contributed by atoms with E-state index in [0.717, 1.165) is 18.1 Å². The number of hydrogen-bond acceptors (Lipinski definition) is 6. The van der Waals surface area contributed by atoms with Crippen molar-refractivity contribution in [3.8, 4) is 5.75 Å². The van der Waals surface area contributed by atoms with E-state index in [1.165, 1.54) is 37.5 Å². The maximum atomic E-state index is 5.75. The van der Waals surface area contributed by atoms with E-state index in [1.54, 1.807) is 7.11 Å². The van der Waals surface area contributed by atoms with Crippen molar-refractivity contribution in [1.29, 1.82) is 0 Å². The Kier molecular flexibility index (Phi) is 4.06. The Bertz CT molecular complexity index is 362. The minimum atomic E-state index is 0.487. The van der Waals surface area contributed by atoms with Crippen LogP contribution in [0.5, 0.6) is 5.75 Å². The molecule has 0 radical (unpaired) electrons. The average Bonchev–Trinajstić information content (AvgIpc) is 2.94. The van der Waals surface area contributed by atoms with Gasteiger partial charge >= 0.3 is 0 Å². The van der Waals surface area contributed by atoms with Gasteiger partial charge in [0.1, 0.15) is 0 Å². The molecule has 0 spiro atoms. The fraction of sp³-hybridized carbons (Fsp3) is 0.727. The van der Waals surface area contributed by atoms with Crippen LogP contribution in [0, 0.1) is 0 Å². The molecule has 0 unspecified atom stereocenters. The normalized spacial score (nSPS) is 16.4. The highest BCUT2D eigenvalue weighted by molar-refractivity contribution is 7.11. The van der Waals surface area contributed by atoms with E-state index < -0.39 is 0 Å². The number of hydrogen-bond donors (Lipinski definition) is 1. The quantitative estimate of drug-likeness (QED) is 0.859. The van der Waals surface area contributed by atoms with Gasteiger partial charge in [0.25, 0.3) is 0 Å². The second-order valence-electron chi connectivity index (χ2n) is 4.38. The van der Waals surface area contributed by atoms with Crippen LogP contribution in [0.25, 0.3) is 0 Å². The molecule has 0 aromatic carbocycles. The summed E-state index contributed by atoms with van der Waals surface area (Å²) < 4.78 is 9.40. The van der Waals surface area contributed by atoms with Crippen molar-refractivity contribution in [3.63, 3.8) is 0 Å². The number of methoxy groups -OCH3 is 1. The second-order valence-corrected chi connectivity index (χ2v) is 5.13. The van der Waals surface area contributed by atoms with Crippen molar-refractivity contribution >= 4 is 22.4 Å². The van der Waals surface area contributed by atoms with Crippen LogP contribution in [0.15, 0.2) is 0 Å². The molecular weight excluding hydrogens is 236 g/mol. The van der Waals surface area contributed by atoms with Gasteiger partial charge in [0, 0.05) is 20.1 Å². The molecule has 1 saturated heterocycles. The van der Waals surface area contributed by atoms with Crippen LogP contribution in [-0.2, 0) is 0 Å². The minimum Gasteiger partial charge on any atom is -0.490 e. The van der Waals surface area contributed by atoms with Crippen molar-refractivity contribution in [1.82, 2.24) is 9.27 Å². The van der Waals surface area contributed by atoms with Crippen LogP contribution < -0.4 is 15.4 Å². The fourth-order valence-corrected chi connectivity index (χ4v) is 2.89. The number of nitrogen functional groups attached to an aromatic ring is 1. The Morgan fingerprint density at radius 1 is 1.47 bits per heavy atom. The number of likely N-dealkylation sites (tertiary alicyclic amines) is 1. The van der Waals surface area contributed by atoms with Crippen molar-refractivity contribution in [3.05, 3.63) is 0 Å². The van der Waals surface area contributed by atoms with Crippen molar-refractivity contribution in [2.24, 2.45) is 0 Å². The number of rotatable bonds is 5. The molecule has 0 atom stereocenters. The third kappa shape index (κ3) is 2.81. The number of aromatic nitrogens is 1. The van der Waals surface area contributed by atoms with Gasteiger partial charge in [0.05, 0.1) is 7.11 Å². The van der Waals surface area contributed by atoms with Gasteiger partial charge in [-0.15, -0.1) is 0 Å². The van der Waals surface area contributed by atoms with Crippen LogP contribution in [-0.4, -0.2) is 49.6 Å². The molecule has 0 bridgehead atoms. The maximum Gasteiger partial charge on any atom is 0.197 e. The van der Waals surface area contributed by atoms with Gasteiger partial charge in [-0.25, -0.2) is 0 Å². The van der Waals surface area contributed by atoms with E-state index in [9.17, 15) is 0 Å². The molecule has 17 heavy (non-hydrogen) atoms.